The van der Waals surface area contributed by atoms with Crippen molar-refractivity contribution in [3.05, 3.63) is 5.01 Å². The van der Waals surface area contributed by atoms with Crippen LogP contribution in [0.3, 0.4) is 0 Å². The lowest BCUT2D eigenvalue weighted by Crippen LogP contribution is -2.38. The Morgan fingerprint density at radius 3 is 3.07 bits per heavy atom. The lowest BCUT2D eigenvalue weighted by Gasteiger charge is -2.31. The van der Waals surface area contributed by atoms with E-state index in [-0.39, 0.29) is 0 Å². The molecule has 0 radical (unpaired) electrons. The quantitative estimate of drug-likeness (QED) is 0.795. The zero-order chi connectivity index (χ0) is 9.97. The SMILES string of the molecule is Cc1nnc(N2CCCC(CN)C2)s1. The zero-order valence-corrected chi connectivity index (χ0v) is 9.26. The number of aryl methyl sites for hydroxylation is 1. The van der Waals surface area contributed by atoms with Gasteiger partial charge in [0.1, 0.15) is 5.01 Å². The van der Waals surface area contributed by atoms with E-state index in [4.69, 9.17) is 5.73 Å². The van der Waals surface area contributed by atoms with Crippen LogP contribution in [-0.4, -0.2) is 29.8 Å². The molecular weight excluding hydrogens is 196 g/mol. The van der Waals surface area contributed by atoms with Crippen LogP contribution < -0.4 is 10.6 Å². The number of hydrogen-bond acceptors (Lipinski definition) is 5. The summed E-state index contributed by atoms with van der Waals surface area (Å²) < 4.78 is 0. The molecule has 0 aromatic carbocycles. The molecule has 1 aliphatic rings. The molecule has 0 saturated carbocycles. The maximum Gasteiger partial charge on any atom is 0.208 e. The van der Waals surface area contributed by atoms with Crippen molar-refractivity contribution in [2.45, 2.75) is 19.8 Å². The van der Waals surface area contributed by atoms with Crippen LogP contribution in [0.5, 0.6) is 0 Å². The van der Waals surface area contributed by atoms with E-state index < -0.39 is 0 Å². The molecule has 2 heterocycles. The molecule has 1 atom stereocenters. The standard InChI is InChI=1S/C9H16N4S/c1-7-11-12-9(14-7)13-4-2-3-8(5-10)6-13/h8H,2-6,10H2,1H3. The molecule has 0 bridgehead atoms. The molecule has 1 aromatic heterocycles. The first-order valence-electron chi connectivity index (χ1n) is 5.04. The predicted molar refractivity (Wildman–Crippen MR) is 58.6 cm³/mol. The Labute approximate surface area is 88.1 Å². The third kappa shape index (κ3) is 2.04. The summed E-state index contributed by atoms with van der Waals surface area (Å²) in [5.74, 6) is 0.632. The second-order valence-corrected chi connectivity index (χ2v) is 4.95. The van der Waals surface area contributed by atoms with Crippen LogP contribution in [0, 0.1) is 12.8 Å². The molecule has 2 N–H and O–H groups in total. The third-order valence-corrected chi connectivity index (χ3v) is 3.54. The molecule has 1 fully saturated rings. The Morgan fingerprint density at radius 1 is 1.57 bits per heavy atom. The smallest absolute Gasteiger partial charge is 0.208 e. The highest BCUT2D eigenvalue weighted by Crippen LogP contribution is 2.25. The van der Waals surface area contributed by atoms with E-state index in [0.29, 0.717) is 5.92 Å². The molecule has 4 nitrogen and oxygen atoms in total. The average Bonchev–Trinajstić information content (AvgIpc) is 2.65. The topological polar surface area (TPSA) is 55.0 Å². The monoisotopic (exact) mass is 212 g/mol. The Balaban J connectivity index is 2.04. The van der Waals surface area contributed by atoms with E-state index in [0.717, 1.165) is 29.8 Å². The number of anilines is 1. The maximum atomic E-state index is 5.69. The predicted octanol–water partition coefficient (Wildman–Crippen LogP) is 1.02. The van der Waals surface area contributed by atoms with E-state index in [2.05, 4.69) is 15.1 Å². The van der Waals surface area contributed by atoms with Crippen LogP contribution in [0.25, 0.3) is 0 Å². The van der Waals surface area contributed by atoms with Gasteiger partial charge in [0.2, 0.25) is 5.13 Å². The summed E-state index contributed by atoms with van der Waals surface area (Å²) in [5.41, 5.74) is 5.69. The Hall–Kier alpha value is -0.680. The third-order valence-electron chi connectivity index (χ3n) is 2.64. The van der Waals surface area contributed by atoms with Crippen molar-refractivity contribution in [2.75, 3.05) is 24.5 Å². The minimum absolute atomic E-state index is 0.632. The summed E-state index contributed by atoms with van der Waals surface area (Å²) in [6, 6.07) is 0. The molecule has 0 aliphatic carbocycles. The van der Waals surface area contributed by atoms with E-state index in [9.17, 15) is 0 Å². The fraction of sp³-hybridized carbons (Fsp3) is 0.778. The number of nitrogens with two attached hydrogens (primary N) is 1. The van der Waals surface area contributed by atoms with E-state index in [1.165, 1.54) is 12.8 Å². The van der Waals surface area contributed by atoms with Crippen molar-refractivity contribution < 1.29 is 0 Å². The van der Waals surface area contributed by atoms with Crippen LogP contribution in [0.1, 0.15) is 17.8 Å². The first kappa shape index (κ1) is 9.86. The van der Waals surface area contributed by atoms with Gasteiger partial charge in [0.05, 0.1) is 0 Å². The second kappa shape index (κ2) is 4.23. The molecule has 1 aliphatic heterocycles. The summed E-state index contributed by atoms with van der Waals surface area (Å²) in [4.78, 5) is 2.31. The largest absolute Gasteiger partial charge is 0.346 e. The van der Waals surface area contributed by atoms with Gasteiger partial charge < -0.3 is 10.6 Å². The van der Waals surface area contributed by atoms with Crippen LogP contribution in [-0.2, 0) is 0 Å². The van der Waals surface area contributed by atoms with Gasteiger partial charge in [0.15, 0.2) is 0 Å². The fourth-order valence-electron chi connectivity index (χ4n) is 1.85. The van der Waals surface area contributed by atoms with E-state index in [1.807, 2.05) is 6.92 Å². The molecule has 14 heavy (non-hydrogen) atoms. The highest BCUT2D eigenvalue weighted by molar-refractivity contribution is 7.15. The van der Waals surface area contributed by atoms with Crippen LogP contribution >= 0.6 is 11.3 Å². The fourth-order valence-corrected chi connectivity index (χ4v) is 2.57. The van der Waals surface area contributed by atoms with Crippen LogP contribution in [0.4, 0.5) is 5.13 Å². The molecular formula is C9H16N4S. The minimum Gasteiger partial charge on any atom is -0.346 e. The van der Waals surface area contributed by atoms with Crippen LogP contribution in [0.2, 0.25) is 0 Å². The van der Waals surface area contributed by atoms with Crippen molar-refractivity contribution >= 4 is 16.5 Å². The lowest BCUT2D eigenvalue weighted by molar-refractivity contribution is 0.423. The van der Waals surface area contributed by atoms with Gasteiger partial charge >= 0.3 is 0 Å². The van der Waals surface area contributed by atoms with Crippen molar-refractivity contribution in [2.24, 2.45) is 11.7 Å². The van der Waals surface area contributed by atoms with Gasteiger partial charge in [0.25, 0.3) is 0 Å². The minimum atomic E-state index is 0.632. The van der Waals surface area contributed by atoms with Gasteiger partial charge in [-0.2, -0.15) is 0 Å². The Morgan fingerprint density at radius 2 is 2.43 bits per heavy atom. The number of nitrogens with zero attached hydrogens (tertiary/aromatic N) is 3. The molecule has 2 rings (SSSR count). The first-order chi connectivity index (χ1) is 6.79. The van der Waals surface area contributed by atoms with Gasteiger partial charge in [-0.25, -0.2) is 0 Å². The molecule has 0 spiro atoms. The van der Waals surface area contributed by atoms with Crippen molar-refractivity contribution in [3.63, 3.8) is 0 Å². The zero-order valence-electron chi connectivity index (χ0n) is 8.44. The van der Waals surface area contributed by atoms with Gasteiger partial charge in [-0.3, -0.25) is 0 Å². The average molecular weight is 212 g/mol. The first-order valence-corrected chi connectivity index (χ1v) is 5.86. The van der Waals surface area contributed by atoms with E-state index in [1.54, 1.807) is 11.3 Å². The molecule has 0 amide bonds. The molecule has 78 valence electrons. The highest BCUT2D eigenvalue weighted by atomic mass is 32.1. The molecule has 1 saturated heterocycles. The molecule has 1 unspecified atom stereocenters. The normalized spacial score (nSPS) is 22.7. The van der Waals surface area contributed by atoms with Gasteiger partial charge in [-0.05, 0) is 32.2 Å². The van der Waals surface area contributed by atoms with Crippen LogP contribution in [0.15, 0.2) is 0 Å². The summed E-state index contributed by atoms with van der Waals surface area (Å²) in [5, 5.41) is 10.3. The van der Waals surface area contributed by atoms with Crippen molar-refractivity contribution in [1.82, 2.24) is 10.2 Å². The van der Waals surface area contributed by atoms with Gasteiger partial charge in [-0.15, -0.1) is 10.2 Å². The summed E-state index contributed by atoms with van der Waals surface area (Å²) in [6.45, 7) is 4.93. The number of rotatable bonds is 2. The summed E-state index contributed by atoms with van der Waals surface area (Å²) in [6.07, 6.45) is 2.48. The Kier molecular flexibility index (Phi) is 2.98. The Bertz CT molecular complexity index is 299. The van der Waals surface area contributed by atoms with Gasteiger partial charge in [0, 0.05) is 13.1 Å². The maximum absolute atomic E-state index is 5.69. The van der Waals surface area contributed by atoms with Crippen molar-refractivity contribution in [3.8, 4) is 0 Å². The lowest BCUT2D eigenvalue weighted by atomic mass is 9.99. The van der Waals surface area contributed by atoms with E-state index >= 15 is 0 Å². The summed E-state index contributed by atoms with van der Waals surface area (Å²) in [7, 11) is 0. The van der Waals surface area contributed by atoms with Gasteiger partial charge in [-0.1, -0.05) is 11.3 Å². The summed E-state index contributed by atoms with van der Waals surface area (Å²) >= 11 is 1.67. The number of hydrogen-bond donors (Lipinski definition) is 1. The number of aromatic nitrogens is 2. The molecule has 5 heteroatoms. The highest BCUT2D eigenvalue weighted by Gasteiger charge is 2.20. The van der Waals surface area contributed by atoms with Crippen molar-refractivity contribution in [1.29, 1.82) is 0 Å². The number of piperidine rings is 1. The molecule has 1 aromatic rings. The second-order valence-electron chi connectivity index (χ2n) is 3.79.